The zero-order valence-corrected chi connectivity index (χ0v) is 15.8. The molecule has 0 aromatic carbocycles. The molecule has 2 aromatic rings. The fraction of sp³-hybridized carbons (Fsp3) is 0.579. The first kappa shape index (κ1) is 16.8. The predicted octanol–water partition coefficient (Wildman–Crippen LogP) is 2.97. The molecular weight excluding hydrogens is 332 g/mol. The highest BCUT2D eigenvalue weighted by atomic mass is 32.1. The van der Waals surface area contributed by atoms with Crippen LogP contribution in [0.3, 0.4) is 0 Å². The lowest BCUT2D eigenvalue weighted by atomic mass is 9.97. The van der Waals surface area contributed by atoms with E-state index in [9.17, 15) is 4.79 Å². The Hall–Kier alpha value is -1.66. The fourth-order valence-electron chi connectivity index (χ4n) is 4.28. The van der Waals surface area contributed by atoms with Gasteiger partial charge in [0, 0.05) is 49.2 Å². The van der Waals surface area contributed by atoms with Crippen LogP contribution in [0.2, 0.25) is 0 Å². The second-order valence-electron chi connectivity index (χ2n) is 7.18. The summed E-state index contributed by atoms with van der Waals surface area (Å²) >= 11 is 1.70. The smallest absolute Gasteiger partial charge is 0.270 e. The van der Waals surface area contributed by atoms with Gasteiger partial charge < -0.3 is 15.1 Å². The van der Waals surface area contributed by atoms with Crippen molar-refractivity contribution in [3.05, 3.63) is 23.3 Å². The van der Waals surface area contributed by atoms with Gasteiger partial charge in [-0.1, -0.05) is 0 Å². The minimum Gasteiger partial charge on any atom is -0.371 e. The molecule has 1 N–H and O–H groups in total. The Morgan fingerprint density at radius 2 is 2.24 bits per heavy atom. The largest absolute Gasteiger partial charge is 0.371 e. The van der Waals surface area contributed by atoms with Crippen molar-refractivity contribution in [1.82, 2.24) is 15.2 Å². The molecule has 0 saturated carbocycles. The van der Waals surface area contributed by atoms with Gasteiger partial charge in [0.2, 0.25) is 0 Å². The molecule has 2 aromatic heterocycles. The Labute approximate surface area is 153 Å². The van der Waals surface area contributed by atoms with Crippen LogP contribution in [0.25, 0.3) is 10.1 Å². The number of nitrogens with zero attached hydrogens (tertiary/aromatic N) is 3. The van der Waals surface area contributed by atoms with E-state index in [2.05, 4.69) is 39.3 Å². The molecule has 5 nitrogen and oxygen atoms in total. The number of nitrogens with one attached hydrogen (secondary N) is 1. The van der Waals surface area contributed by atoms with E-state index < -0.39 is 0 Å². The summed E-state index contributed by atoms with van der Waals surface area (Å²) < 4.78 is 1.14. The van der Waals surface area contributed by atoms with Crippen molar-refractivity contribution >= 4 is 33.0 Å². The van der Waals surface area contributed by atoms with Gasteiger partial charge in [0.1, 0.15) is 5.69 Å². The van der Waals surface area contributed by atoms with E-state index in [-0.39, 0.29) is 11.9 Å². The van der Waals surface area contributed by atoms with Crippen LogP contribution in [0.1, 0.15) is 37.2 Å². The number of thiophene rings is 1. The van der Waals surface area contributed by atoms with Crippen molar-refractivity contribution in [3.8, 4) is 0 Å². The molecule has 2 aliphatic rings. The number of pyridine rings is 1. The lowest BCUT2D eigenvalue weighted by molar-refractivity contribution is 0.0904. The molecule has 6 heteroatoms. The maximum absolute atomic E-state index is 12.7. The number of fused-ring (bicyclic) bond motifs is 3. The molecule has 0 radical (unpaired) electrons. The predicted molar refractivity (Wildman–Crippen MR) is 104 cm³/mol. The second kappa shape index (κ2) is 6.92. The van der Waals surface area contributed by atoms with E-state index in [1.54, 1.807) is 11.3 Å². The van der Waals surface area contributed by atoms with E-state index >= 15 is 0 Å². The third-order valence-corrected chi connectivity index (χ3v) is 6.50. The van der Waals surface area contributed by atoms with Gasteiger partial charge in [-0.2, -0.15) is 0 Å². The Bertz CT molecular complexity index is 758. The molecule has 134 valence electrons. The SMILES string of the molecule is CCN(CC)c1csc2cnc(C(=O)NC3CC4CCN(C4)C3)cc12. The maximum atomic E-state index is 12.7. The van der Waals surface area contributed by atoms with Crippen molar-refractivity contribution in [3.63, 3.8) is 0 Å². The third-order valence-electron chi connectivity index (χ3n) is 5.58. The molecule has 4 heterocycles. The van der Waals surface area contributed by atoms with Crippen LogP contribution in [0.5, 0.6) is 0 Å². The standard InChI is InChI=1S/C19H26N4OS/c1-3-23(4-2)17-12-25-18-9-20-16(8-15(17)18)19(24)21-14-7-13-5-6-22(10-13)11-14/h8-9,12-14H,3-7,10-11H2,1-2H3,(H,21,24). The fourth-order valence-corrected chi connectivity index (χ4v) is 5.20. The number of carbonyl (C=O) groups is 1. The summed E-state index contributed by atoms with van der Waals surface area (Å²) in [6.45, 7) is 9.62. The van der Waals surface area contributed by atoms with Crippen molar-refractivity contribution in [2.24, 2.45) is 5.92 Å². The number of anilines is 1. The number of piperidine rings is 1. The average Bonchev–Trinajstić information content (AvgIpc) is 3.19. The van der Waals surface area contributed by atoms with Crippen molar-refractivity contribution in [1.29, 1.82) is 0 Å². The Morgan fingerprint density at radius 3 is 3.00 bits per heavy atom. The lowest BCUT2D eigenvalue weighted by Crippen LogP contribution is -2.47. The number of hydrogen-bond acceptors (Lipinski definition) is 5. The summed E-state index contributed by atoms with van der Waals surface area (Å²) in [5.41, 5.74) is 1.75. The van der Waals surface area contributed by atoms with E-state index in [4.69, 9.17) is 0 Å². The zero-order valence-electron chi connectivity index (χ0n) is 15.0. The summed E-state index contributed by atoms with van der Waals surface area (Å²) in [6.07, 6.45) is 4.22. The first-order chi connectivity index (χ1) is 12.2. The minimum absolute atomic E-state index is 0.0360. The monoisotopic (exact) mass is 358 g/mol. The quantitative estimate of drug-likeness (QED) is 0.893. The van der Waals surface area contributed by atoms with Gasteiger partial charge in [0.15, 0.2) is 0 Å². The molecule has 2 fully saturated rings. The van der Waals surface area contributed by atoms with Crippen molar-refractivity contribution < 1.29 is 4.79 Å². The first-order valence-electron chi connectivity index (χ1n) is 9.33. The number of hydrogen-bond donors (Lipinski definition) is 1. The Balaban J connectivity index is 1.54. The van der Waals surface area contributed by atoms with Crippen LogP contribution in [-0.4, -0.2) is 54.6 Å². The number of rotatable bonds is 5. The molecule has 2 saturated heterocycles. The van der Waals surface area contributed by atoms with Crippen LogP contribution >= 0.6 is 11.3 Å². The molecule has 2 bridgehead atoms. The topological polar surface area (TPSA) is 48.5 Å². The highest BCUT2D eigenvalue weighted by molar-refractivity contribution is 7.17. The number of amides is 1. The first-order valence-corrected chi connectivity index (χ1v) is 10.2. The van der Waals surface area contributed by atoms with Gasteiger partial charge >= 0.3 is 0 Å². The highest BCUT2D eigenvalue weighted by Gasteiger charge is 2.33. The molecule has 3 atom stereocenters. The van der Waals surface area contributed by atoms with Crippen LogP contribution in [0.15, 0.2) is 17.6 Å². The molecule has 1 amide bonds. The molecule has 4 rings (SSSR count). The second-order valence-corrected chi connectivity index (χ2v) is 8.09. The van der Waals surface area contributed by atoms with Crippen LogP contribution in [-0.2, 0) is 0 Å². The van der Waals surface area contributed by atoms with E-state index in [0.717, 1.165) is 42.1 Å². The molecule has 0 spiro atoms. The third kappa shape index (κ3) is 3.25. The zero-order chi connectivity index (χ0) is 17.4. The van der Waals surface area contributed by atoms with E-state index in [1.165, 1.54) is 25.2 Å². The highest BCUT2D eigenvalue weighted by Crippen LogP contribution is 2.33. The average molecular weight is 359 g/mol. The summed E-state index contributed by atoms with van der Waals surface area (Å²) in [7, 11) is 0. The molecule has 25 heavy (non-hydrogen) atoms. The number of aromatic nitrogens is 1. The minimum atomic E-state index is -0.0360. The molecule has 3 unspecified atom stereocenters. The summed E-state index contributed by atoms with van der Waals surface area (Å²) in [6, 6.07) is 2.22. The van der Waals surface area contributed by atoms with E-state index in [0.29, 0.717) is 5.69 Å². The van der Waals surface area contributed by atoms with Gasteiger partial charge in [0.25, 0.3) is 5.91 Å². The Morgan fingerprint density at radius 1 is 1.40 bits per heavy atom. The van der Waals surface area contributed by atoms with Crippen LogP contribution < -0.4 is 10.2 Å². The molecular formula is C19H26N4OS. The van der Waals surface area contributed by atoms with Gasteiger partial charge in [0.05, 0.1) is 10.4 Å². The summed E-state index contributed by atoms with van der Waals surface area (Å²) in [4.78, 5) is 21.9. The summed E-state index contributed by atoms with van der Waals surface area (Å²) in [5.74, 6) is 0.715. The van der Waals surface area contributed by atoms with Crippen LogP contribution in [0, 0.1) is 5.92 Å². The van der Waals surface area contributed by atoms with Crippen molar-refractivity contribution in [2.45, 2.75) is 32.7 Å². The van der Waals surface area contributed by atoms with Crippen LogP contribution in [0.4, 0.5) is 5.69 Å². The number of carbonyl (C=O) groups excluding carboxylic acids is 1. The van der Waals surface area contributed by atoms with E-state index in [1.807, 2.05) is 12.3 Å². The van der Waals surface area contributed by atoms with Crippen molar-refractivity contribution in [2.75, 3.05) is 37.6 Å². The van der Waals surface area contributed by atoms with Gasteiger partial charge in [-0.25, -0.2) is 4.98 Å². The van der Waals surface area contributed by atoms with Gasteiger partial charge in [-0.05, 0) is 45.2 Å². The molecule has 0 aliphatic carbocycles. The maximum Gasteiger partial charge on any atom is 0.270 e. The van der Waals surface area contributed by atoms with Gasteiger partial charge in [-0.15, -0.1) is 11.3 Å². The lowest BCUT2D eigenvalue weighted by Gasteiger charge is -2.30. The normalized spacial score (nSPS) is 25.3. The molecule has 2 aliphatic heterocycles. The Kier molecular flexibility index (Phi) is 4.65. The van der Waals surface area contributed by atoms with Gasteiger partial charge in [-0.3, -0.25) is 4.79 Å². The summed E-state index contributed by atoms with van der Waals surface area (Å²) in [5, 5.41) is 6.53.